The molecule has 5 nitrogen and oxygen atoms in total. The van der Waals surface area contributed by atoms with E-state index in [0.29, 0.717) is 17.1 Å². The van der Waals surface area contributed by atoms with Gasteiger partial charge in [-0.1, -0.05) is 23.2 Å². The number of anilines is 1. The molecule has 0 bridgehead atoms. The average Bonchev–Trinajstić information content (AvgIpc) is 3.13. The smallest absolute Gasteiger partial charge is 0.337 e. The van der Waals surface area contributed by atoms with Crippen molar-refractivity contribution in [2.45, 2.75) is 0 Å². The van der Waals surface area contributed by atoms with Crippen LogP contribution in [-0.2, 0) is 4.79 Å². The van der Waals surface area contributed by atoms with E-state index in [4.69, 9.17) is 32.7 Å². The largest absolute Gasteiger partial charge is 0.478 e. The molecule has 0 saturated heterocycles. The first-order chi connectivity index (χ1) is 13.3. The van der Waals surface area contributed by atoms with Crippen molar-refractivity contribution in [2.24, 2.45) is 0 Å². The van der Waals surface area contributed by atoms with Crippen LogP contribution in [0.2, 0.25) is 10.0 Å². The highest BCUT2D eigenvalue weighted by molar-refractivity contribution is 6.33. The van der Waals surface area contributed by atoms with Gasteiger partial charge in [-0.05, 0) is 54.6 Å². The van der Waals surface area contributed by atoms with Gasteiger partial charge in [-0.25, -0.2) is 9.18 Å². The van der Waals surface area contributed by atoms with E-state index >= 15 is 0 Å². The zero-order chi connectivity index (χ0) is 20.3. The van der Waals surface area contributed by atoms with Crippen LogP contribution in [0.25, 0.3) is 17.4 Å². The highest BCUT2D eigenvalue weighted by Crippen LogP contribution is 2.27. The fraction of sp³-hybridized carbons (Fsp3) is 0. The molecule has 28 heavy (non-hydrogen) atoms. The maximum atomic E-state index is 13.2. The zero-order valence-electron chi connectivity index (χ0n) is 14.1. The molecule has 0 aliphatic rings. The standard InChI is InChI=1S/C20H12Cl2FNO4/c21-15-5-2-12(10-14(15)20(26)27)24-19(25)8-4-13-3-7-18(28-13)11-1-6-17(23)16(22)9-11/h1-10H,(H,24,25)(H,26,27)/b8-4+. The van der Waals surface area contributed by atoms with Gasteiger partial charge in [0, 0.05) is 17.3 Å². The third-order valence-corrected chi connectivity index (χ3v) is 4.31. The van der Waals surface area contributed by atoms with Gasteiger partial charge in [-0.15, -0.1) is 0 Å². The van der Waals surface area contributed by atoms with Gasteiger partial charge < -0.3 is 14.8 Å². The molecule has 3 rings (SSSR count). The van der Waals surface area contributed by atoms with E-state index in [2.05, 4.69) is 5.32 Å². The molecule has 0 unspecified atom stereocenters. The molecule has 1 amide bonds. The predicted molar refractivity (Wildman–Crippen MR) is 105 cm³/mol. The molecule has 3 aromatic rings. The molecule has 0 saturated carbocycles. The molecule has 1 heterocycles. The first-order valence-corrected chi connectivity index (χ1v) is 8.66. The van der Waals surface area contributed by atoms with Gasteiger partial charge >= 0.3 is 5.97 Å². The Morgan fingerprint density at radius 1 is 1.04 bits per heavy atom. The molecule has 0 aliphatic carbocycles. The molecule has 8 heteroatoms. The Labute approximate surface area is 169 Å². The summed E-state index contributed by atoms with van der Waals surface area (Å²) in [4.78, 5) is 23.1. The van der Waals surface area contributed by atoms with Gasteiger partial charge in [0.1, 0.15) is 17.3 Å². The minimum atomic E-state index is -1.19. The monoisotopic (exact) mass is 419 g/mol. The van der Waals surface area contributed by atoms with Crippen LogP contribution < -0.4 is 5.32 Å². The minimum Gasteiger partial charge on any atom is -0.478 e. The summed E-state index contributed by atoms with van der Waals surface area (Å²) in [7, 11) is 0. The molecule has 0 spiro atoms. The van der Waals surface area contributed by atoms with Gasteiger partial charge in [-0.2, -0.15) is 0 Å². The van der Waals surface area contributed by atoms with E-state index in [-0.39, 0.29) is 21.3 Å². The zero-order valence-corrected chi connectivity index (χ0v) is 15.6. The van der Waals surface area contributed by atoms with E-state index in [1.54, 1.807) is 12.1 Å². The lowest BCUT2D eigenvalue weighted by Gasteiger charge is -2.04. The number of rotatable bonds is 5. The normalized spacial score (nSPS) is 11.0. The molecule has 0 aliphatic heterocycles. The maximum absolute atomic E-state index is 13.2. The van der Waals surface area contributed by atoms with Gasteiger partial charge in [0.25, 0.3) is 0 Å². The van der Waals surface area contributed by atoms with Crippen LogP contribution in [-0.4, -0.2) is 17.0 Å². The molecular weight excluding hydrogens is 408 g/mol. The maximum Gasteiger partial charge on any atom is 0.337 e. The number of benzene rings is 2. The summed E-state index contributed by atoms with van der Waals surface area (Å²) in [6.45, 7) is 0. The van der Waals surface area contributed by atoms with Crippen LogP contribution in [0.3, 0.4) is 0 Å². The van der Waals surface area contributed by atoms with Crippen molar-refractivity contribution in [1.29, 1.82) is 0 Å². The van der Waals surface area contributed by atoms with E-state index < -0.39 is 17.7 Å². The third kappa shape index (κ3) is 4.60. The summed E-state index contributed by atoms with van der Waals surface area (Å²) in [5, 5.41) is 11.6. The van der Waals surface area contributed by atoms with Crippen molar-refractivity contribution >= 4 is 46.8 Å². The molecule has 0 fully saturated rings. The van der Waals surface area contributed by atoms with Crippen LogP contribution in [0.5, 0.6) is 0 Å². The summed E-state index contributed by atoms with van der Waals surface area (Å²) in [5.41, 5.74) is 0.771. The van der Waals surface area contributed by atoms with Crippen molar-refractivity contribution in [3.8, 4) is 11.3 Å². The van der Waals surface area contributed by atoms with E-state index in [1.807, 2.05) is 0 Å². The molecular formula is C20H12Cl2FNO4. The number of halogens is 3. The third-order valence-electron chi connectivity index (χ3n) is 3.69. The Bertz CT molecular complexity index is 1090. The summed E-state index contributed by atoms with van der Waals surface area (Å²) in [5.74, 6) is -1.34. The Balaban J connectivity index is 1.70. The number of aromatic carboxylic acids is 1. The number of amides is 1. The molecule has 2 N–H and O–H groups in total. The molecule has 1 aromatic heterocycles. The van der Waals surface area contributed by atoms with Gasteiger partial charge in [-0.3, -0.25) is 4.79 Å². The summed E-state index contributed by atoms with van der Waals surface area (Å²) >= 11 is 11.6. The summed E-state index contributed by atoms with van der Waals surface area (Å²) in [6.07, 6.45) is 2.67. The number of hydrogen-bond donors (Lipinski definition) is 2. The van der Waals surface area contributed by atoms with Gasteiger partial charge in [0.05, 0.1) is 15.6 Å². The highest BCUT2D eigenvalue weighted by atomic mass is 35.5. The SMILES string of the molecule is O=C(/C=C/c1ccc(-c2ccc(F)c(Cl)c2)o1)Nc1ccc(Cl)c(C(=O)O)c1. The van der Waals surface area contributed by atoms with Crippen LogP contribution in [0.15, 0.2) is 59.0 Å². The first-order valence-electron chi connectivity index (χ1n) is 7.90. The second kappa shape index (κ2) is 8.29. The molecule has 0 radical (unpaired) electrons. The molecule has 0 atom stereocenters. The number of carboxylic acids is 1. The molecule has 142 valence electrons. The van der Waals surface area contributed by atoms with Gasteiger partial charge in [0.15, 0.2) is 0 Å². The minimum absolute atomic E-state index is 0.0194. The number of carbonyl (C=O) groups is 2. The first kappa shape index (κ1) is 19.7. The van der Waals surface area contributed by atoms with E-state index in [0.717, 1.165) is 0 Å². The molecule has 2 aromatic carbocycles. The second-order valence-corrected chi connectivity index (χ2v) is 6.47. The Kier molecular flexibility index (Phi) is 5.82. The predicted octanol–water partition coefficient (Wildman–Crippen LogP) is 5.74. The topological polar surface area (TPSA) is 79.5 Å². The quantitative estimate of drug-likeness (QED) is 0.516. The second-order valence-electron chi connectivity index (χ2n) is 5.65. The van der Waals surface area contributed by atoms with Crippen molar-refractivity contribution in [1.82, 2.24) is 0 Å². The van der Waals surface area contributed by atoms with Gasteiger partial charge in [0.2, 0.25) is 5.91 Å². The van der Waals surface area contributed by atoms with E-state index in [1.165, 1.54) is 48.6 Å². The van der Waals surface area contributed by atoms with Crippen LogP contribution in [0.4, 0.5) is 10.1 Å². The van der Waals surface area contributed by atoms with Crippen LogP contribution in [0, 0.1) is 5.82 Å². The number of furan rings is 1. The fourth-order valence-corrected chi connectivity index (χ4v) is 2.73. The Morgan fingerprint density at radius 2 is 1.82 bits per heavy atom. The number of nitrogens with one attached hydrogen (secondary N) is 1. The van der Waals surface area contributed by atoms with Crippen molar-refractivity contribution < 1.29 is 23.5 Å². The average molecular weight is 420 g/mol. The van der Waals surface area contributed by atoms with E-state index in [9.17, 15) is 14.0 Å². The van der Waals surface area contributed by atoms with Crippen LogP contribution >= 0.6 is 23.2 Å². The lowest BCUT2D eigenvalue weighted by molar-refractivity contribution is -0.111. The number of hydrogen-bond acceptors (Lipinski definition) is 3. The van der Waals surface area contributed by atoms with Crippen LogP contribution in [0.1, 0.15) is 16.1 Å². The lowest BCUT2D eigenvalue weighted by atomic mass is 10.2. The lowest BCUT2D eigenvalue weighted by Crippen LogP contribution is -2.09. The number of carboxylic acid groups (broad SMARTS) is 1. The fourth-order valence-electron chi connectivity index (χ4n) is 2.36. The number of carbonyl (C=O) groups excluding carboxylic acids is 1. The Morgan fingerprint density at radius 3 is 2.54 bits per heavy atom. The van der Waals surface area contributed by atoms with Crippen molar-refractivity contribution in [3.63, 3.8) is 0 Å². The summed E-state index contributed by atoms with van der Waals surface area (Å²) < 4.78 is 18.8. The van der Waals surface area contributed by atoms with Crippen molar-refractivity contribution in [2.75, 3.05) is 5.32 Å². The van der Waals surface area contributed by atoms with Crippen molar-refractivity contribution in [3.05, 3.63) is 81.8 Å². The summed E-state index contributed by atoms with van der Waals surface area (Å²) in [6, 6.07) is 11.7. The Hall–Kier alpha value is -3.09. The highest BCUT2D eigenvalue weighted by Gasteiger charge is 2.10.